The van der Waals surface area contributed by atoms with E-state index in [-0.39, 0.29) is 5.82 Å². The molecule has 0 bridgehead atoms. The molecule has 10 nitrogen and oxygen atoms in total. The highest BCUT2D eigenvalue weighted by molar-refractivity contribution is 7.87. The molecule has 14 heteroatoms. The number of hydrogen-bond acceptors (Lipinski definition) is 8. The average molecular weight is 476 g/mol. The number of methoxy groups -OCH3 is 1. The summed E-state index contributed by atoms with van der Waals surface area (Å²) in [5.74, 6) is -2.69. The molecule has 0 spiro atoms. The Morgan fingerprint density at radius 1 is 1.25 bits per heavy atom. The Balaban J connectivity index is 2.52. The zero-order valence-electron chi connectivity index (χ0n) is 19.7. The maximum atomic E-state index is 12.9. The van der Waals surface area contributed by atoms with Gasteiger partial charge in [-0.15, -0.1) is 0 Å². The summed E-state index contributed by atoms with van der Waals surface area (Å²) in [4.78, 5) is 19.7. The molecule has 0 aliphatic carbocycles. The number of aryl methyl sites for hydroxylation is 2. The van der Waals surface area contributed by atoms with Gasteiger partial charge >= 0.3 is 15.6 Å². The van der Waals surface area contributed by atoms with Crippen molar-refractivity contribution < 1.29 is 39.4 Å². The number of carbonyl (C=O) groups excluding carboxylic acids is 1. The lowest BCUT2D eigenvalue weighted by Gasteiger charge is -2.17. The molecular weight excluding hydrogens is 455 g/mol. The number of fused-ring (bicyclic) bond motifs is 1. The van der Waals surface area contributed by atoms with Crippen molar-refractivity contribution >= 4 is 33.0 Å². The van der Waals surface area contributed by atoms with Crippen molar-refractivity contribution in [2.45, 2.75) is 26.2 Å². The Hall–Kier alpha value is -3.55. The number of rotatable bonds is 5. The highest BCUT2D eigenvalue weighted by atomic mass is 32.2. The summed E-state index contributed by atoms with van der Waals surface area (Å²) in [6.45, 7) is -0.00278. The fourth-order valence-electron chi connectivity index (χ4n) is 3.14. The zero-order valence-corrected chi connectivity index (χ0v) is 17.6. The normalized spacial score (nSPS) is 14.0. The lowest BCUT2D eigenvalue weighted by molar-refractivity contribution is -0.0501. The topological polar surface area (TPSA) is 152 Å². The molecule has 0 saturated carbocycles. The first-order valence-electron chi connectivity index (χ1n) is 10.1. The summed E-state index contributed by atoms with van der Waals surface area (Å²) in [6, 6.07) is 3.26. The van der Waals surface area contributed by atoms with E-state index in [0.717, 1.165) is 4.57 Å². The maximum Gasteiger partial charge on any atom is 0.534 e. The first-order valence-corrected chi connectivity index (χ1v) is 10.0. The number of amides is 1. The van der Waals surface area contributed by atoms with Crippen LogP contribution in [0, 0.1) is 20.7 Å². The first kappa shape index (κ1) is 19.2. The first-order chi connectivity index (χ1) is 15.9. The fraction of sp³-hybridized carbons (Fsp3) is 0.278. The van der Waals surface area contributed by atoms with E-state index in [1.54, 1.807) is 26.0 Å². The van der Waals surface area contributed by atoms with Crippen LogP contribution in [-0.2, 0) is 10.1 Å². The predicted octanol–water partition coefficient (Wildman–Crippen LogP) is 2.26. The Labute approximate surface area is 184 Å². The number of alkyl halides is 3. The second-order valence-electron chi connectivity index (χ2n) is 6.55. The van der Waals surface area contributed by atoms with Crippen LogP contribution in [-0.4, -0.2) is 41.5 Å². The number of hydrogen-bond donors (Lipinski definition) is 2. The zero-order chi connectivity index (χ0) is 26.7. The number of ether oxygens (including phenoxy) is 1. The van der Waals surface area contributed by atoms with Crippen molar-refractivity contribution in [3.63, 3.8) is 0 Å². The lowest BCUT2D eigenvalue weighted by atomic mass is 10.1. The summed E-state index contributed by atoms with van der Waals surface area (Å²) in [5.41, 5.74) is 4.25. The van der Waals surface area contributed by atoms with Gasteiger partial charge in [0.25, 0.3) is 11.8 Å². The molecule has 3 rings (SSSR count). The summed E-state index contributed by atoms with van der Waals surface area (Å²) < 4.78 is 95.2. The van der Waals surface area contributed by atoms with Crippen LogP contribution >= 0.6 is 0 Å². The molecule has 3 aromatic rings. The van der Waals surface area contributed by atoms with Gasteiger partial charge in [0.05, 0.1) is 12.8 Å². The third kappa shape index (κ3) is 3.55. The number of nitrogen functional groups attached to an aromatic ring is 1. The Morgan fingerprint density at radius 2 is 1.91 bits per heavy atom. The van der Waals surface area contributed by atoms with Gasteiger partial charge in [-0.2, -0.15) is 21.6 Å². The second kappa shape index (κ2) is 7.55. The van der Waals surface area contributed by atoms with E-state index < -0.39 is 56.7 Å². The number of halogens is 3. The van der Waals surface area contributed by atoms with E-state index in [1.165, 1.54) is 7.11 Å². The molecule has 1 aromatic carbocycles. The van der Waals surface area contributed by atoms with Gasteiger partial charge in [0.15, 0.2) is 5.65 Å². The molecule has 4 N–H and O–H groups in total. The van der Waals surface area contributed by atoms with E-state index in [2.05, 4.69) is 14.2 Å². The minimum absolute atomic E-state index is 0.293. The average Bonchev–Trinajstić information content (AvgIpc) is 2.97. The molecule has 0 atom stereocenters. The van der Waals surface area contributed by atoms with Gasteiger partial charge in [0.2, 0.25) is 0 Å². The molecule has 0 fully saturated rings. The van der Waals surface area contributed by atoms with Crippen LogP contribution in [0.15, 0.2) is 12.1 Å². The van der Waals surface area contributed by atoms with Crippen LogP contribution in [0.1, 0.15) is 31.3 Å². The molecule has 1 amide bonds. The molecule has 0 aliphatic rings. The van der Waals surface area contributed by atoms with Gasteiger partial charge in [0, 0.05) is 9.68 Å². The van der Waals surface area contributed by atoms with Crippen molar-refractivity contribution in [2.24, 2.45) is 5.73 Å². The van der Waals surface area contributed by atoms with Crippen LogP contribution < -0.4 is 20.4 Å². The minimum Gasteiger partial charge on any atom is -0.496 e. The standard InChI is InChI=1S/C18H18F3N5O5S/c1-7-5-6-10(30-4)8(2)13(7)26-14(22)11(15(23)27)12-16(26)24-9(3)17(25-12)31-32(28,29)18(19,20)21/h5-6H,22H2,1-4H3,(H2,23,27)/i3D3. The molecule has 0 saturated heterocycles. The molecule has 32 heavy (non-hydrogen) atoms. The van der Waals surface area contributed by atoms with E-state index in [0.29, 0.717) is 22.6 Å². The highest BCUT2D eigenvalue weighted by Gasteiger charge is 2.49. The number of nitrogens with two attached hydrogens (primary N) is 2. The third-order valence-corrected chi connectivity index (χ3v) is 5.48. The monoisotopic (exact) mass is 476 g/mol. The summed E-state index contributed by atoms with van der Waals surface area (Å²) in [5, 5.41) is 0. The van der Waals surface area contributed by atoms with Gasteiger partial charge < -0.3 is 20.4 Å². The lowest BCUT2D eigenvalue weighted by Crippen LogP contribution is -2.28. The van der Waals surface area contributed by atoms with Crippen LogP contribution in [0.5, 0.6) is 11.6 Å². The molecule has 2 aromatic heterocycles. The van der Waals surface area contributed by atoms with Crippen LogP contribution in [0.25, 0.3) is 16.9 Å². The number of anilines is 1. The van der Waals surface area contributed by atoms with Gasteiger partial charge in [-0.25, -0.2) is 9.97 Å². The van der Waals surface area contributed by atoms with Crippen molar-refractivity contribution in [3.05, 3.63) is 34.5 Å². The van der Waals surface area contributed by atoms with Crippen molar-refractivity contribution in [1.29, 1.82) is 0 Å². The molecule has 0 radical (unpaired) electrons. The smallest absolute Gasteiger partial charge is 0.496 e. The third-order valence-electron chi connectivity index (χ3n) is 4.54. The van der Waals surface area contributed by atoms with E-state index in [9.17, 15) is 26.4 Å². The number of primary amides is 1. The number of aromatic nitrogens is 3. The van der Waals surface area contributed by atoms with Crippen LogP contribution in [0.2, 0.25) is 0 Å². The van der Waals surface area contributed by atoms with Gasteiger partial charge in [0.1, 0.15) is 28.3 Å². The molecular formula is C18H18F3N5O5S. The summed E-state index contributed by atoms with van der Waals surface area (Å²) in [7, 11) is -4.94. The quantitative estimate of drug-likeness (QED) is 0.420. The SMILES string of the molecule is [2H]C([2H])([2H])c1nc2c(nc1OS(=O)(=O)C(F)(F)F)c(C(N)=O)c(N)n2-c1c(C)ccc(OC)c1C. The molecule has 172 valence electrons. The fourth-order valence-corrected chi connectivity index (χ4v) is 3.56. The largest absolute Gasteiger partial charge is 0.534 e. The van der Waals surface area contributed by atoms with E-state index >= 15 is 0 Å². The Bertz CT molecular complexity index is 1470. The molecule has 2 heterocycles. The summed E-state index contributed by atoms with van der Waals surface area (Å²) >= 11 is 0. The number of benzene rings is 1. The van der Waals surface area contributed by atoms with Crippen molar-refractivity contribution in [1.82, 2.24) is 14.5 Å². The van der Waals surface area contributed by atoms with Gasteiger partial charge in [-0.3, -0.25) is 9.36 Å². The minimum atomic E-state index is -6.34. The van der Waals surface area contributed by atoms with E-state index in [4.69, 9.17) is 20.3 Å². The van der Waals surface area contributed by atoms with Gasteiger partial charge in [-0.1, -0.05) is 6.07 Å². The van der Waals surface area contributed by atoms with E-state index in [1.807, 2.05) is 0 Å². The molecule has 0 aliphatic heterocycles. The Morgan fingerprint density at radius 3 is 2.44 bits per heavy atom. The van der Waals surface area contributed by atoms with Crippen LogP contribution in [0.4, 0.5) is 19.0 Å². The summed E-state index contributed by atoms with van der Waals surface area (Å²) in [6.07, 6.45) is 0. The number of carbonyl (C=O) groups is 1. The number of nitrogens with zero attached hydrogens (tertiary/aromatic N) is 3. The Kier molecular flexibility index (Phi) is 4.52. The maximum absolute atomic E-state index is 12.9. The van der Waals surface area contributed by atoms with Crippen molar-refractivity contribution in [2.75, 3.05) is 12.8 Å². The van der Waals surface area contributed by atoms with Crippen molar-refractivity contribution in [3.8, 4) is 17.3 Å². The van der Waals surface area contributed by atoms with Crippen LogP contribution in [0.3, 0.4) is 0 Å². The second-order valence-corrected chi connectivity index (χ2v) is 8.09. The van der Waals surface area contributed by atoms with Gasteiger partial charge in [-0.05, 0) is 32.3 Å². The predicted molar refractivity (Wildman–Crippen MR) is 108 cm³/mol. The molecule has 0 unspecified atom stereocenters. The highest BCUT2D eigenvalue weighted by Crippen LogP contribution is 2.37.